The van der Waals surface area contributed by atoms with Gasteiger partial charge in [-0.25, -0.2) is 0 Å². The molecule has 19 heavy (non-hydrogen) atoms. The summed E-state index contributed by atoms with van der Waals surface area (Å²) in [5, 5.41) is 0. The van der Waals surface area contributed by atoms with Crippen LogP contribution in [0.5, 0.6) is 0 Å². The van der Waals surface area contributed by atoms with Gasteiger partial charge in [0, 0.05) is 6.07 Å². The predicted molar refractivity (Wildman–Crippen MR) is 77.1 cm³/mol. The lowest BCUT2D eigenvalue weighted by Gasteiger charge is -2.08. The Morgan fingerprint density at radius 2 is 1.68 bits per heavy atom. The summed E-state index contributed by atoms with van der Waals surface area (Å²) < 4.78 is 4.23. The highest BCUT2D eigenvalue weighted by Gasteiger charge is 2.09. The van der Waals surface area contributed by atoms with E-state index in [0.29, 0.717) is 0 Å². The molecule has 2 nitrogen and oxygen atoms in total. The summed E-state index contributed by atoms with van der Waals surface area (Å²) in [6.45, 7) is 2.14. The van der Waals surface area contributed by atoms with Crippen LogP contribution in [-0.4, -0.2) is 4.68 Å². The van der Waals surface area contributed by atoms with Crippen LogP contribution in [0.25, 0.3) is 16.8 Å². The average Bonchev–Trinajstić information content (AvgIpc) is 2.86. The smallest absolute Gasteiger partial charge is 0.128 e. The summed E-state index contributed by atoms with van der Waals surface area (Å²) in [6, 6.07) is 19.1. The van der Waals surface area contributed by atoms with Gasteiger partial charge in [0.05, 0.1) is 6.20 Å². The first kappa shape index (κ1) is 11.7. The van der Waals surface area contributed by atoms with Crippen molar-refractivity contribution in [2.75, 3.05) is 0 Å². The molecule has 0 aliphatic heterocycles. The molecule has 2 heteroatoms. The van der Waals surface area contributed by atoms with Crippen molar-refractivity contribution in [3.8, 4) is 16.8 Å². The van der Waals surface area contributed by atoms with Crippen LogP contribution in [0.4, 0.5) is 0 Å². The summed E-state index contributed by atoms with van der Waals surface area (Å²) in [4.78, 5) is 0. The van der Waals surface area contributed by atoms with Gasteiger partial charge in [0.2, 0.25) is 0 Å². The molecule has 0 saturated carbocycles. The van der Waals surface area contributed by atoms with E-state index in [1.54, 1.807) is 0 Å². The van der Waals surface area contributed by atoms with Gasteiger partial charge in [-0.05, 0) is 29.7 Å². The maximum absolute atomic E-state index is 2.24. The number of aryl methyl sites for hydroxylation is 2. The minimum absolute atomic E-state index is 1.22. The van der Waals surface area contributed by atoms with Gasteiger partial charge in [0.25, 0.3) is 0 Å². The summed E-state index contributed by atoms with van der Waals surface area (Å²) >= 11 is 0. The van der Waals surface area contributed by atoms with E-state index in [-0.39, 0.29) is 0 Å². The highest BCUT2D eigenvalue weighted by atomic mass is 15.4. The van der Waals surface area contributed by atoms with Crippen molar-refractivity contribution in [2.24, 2.45) is 7.05 Å². The van der Waals surface area contributed by atoms with Crippen molar-refractivity contribution in [1.29, 1.82) is 0 Å². The summed E-state index contributed by atoms with van der Waals surface area (Å²) in [7, 11) is 2.05. The highest BCUT2D eigenvalue weighted by molar-refractivity contribution is 5.66. The monoisotopic (exact) mass is 249 g/mol. The first-order chi connectivity index (χ1) is 9.25. The molecule has 1 aromatic heterocycles. The second kappa shape index (κ2) is 4.73. The number of aromatic nitrogens is 2. The second-order valence-corrected chi connectivity index (χ2v) is 4.78. The van der Waals surface area contributed by atoms with Gasteiger partial charge < -0.3 is 0 Å². The van der Waals surface area contributed by atoms with E-state index < -0.39 is 0 Å². The molecule has 0 spiro atoms. The van der Waals surface area contributed by atoms with Crippen LogP contribution in [0.3, 0.4) is 0 Å². The molecule has 0 aliphatic carbocycles. The molecule has 0 radical (unpaired) electrons. The lowest BCUT2D eigenvalue weighted by Crippen LogP contribution is -2.36. The Balaban J connectivity index is 2.14. The molecule has 0 fully saturated rings. The van der Waals surface area contributed by atoms with Gasteiger partial charge in [0.1, 0.15) is 5.69 Å². The zero-order valence-corrected chi connectivity index (χ0v) is 11.2. The third-order valence-corrected chi connectivity index (χ3v) is 3.43. The molecular weight excluding hydrogens is 232 g/mol. The summed E-state index contributed by atoms with van der Waals surface area (Å²) in [6.07, 6.45) is 4.13. The molecule has 0 amide bonds. The SMILES string of the molecule is Cc1ccc(-c2ccccc2)cc1-n1ccc[n+]1C. The van der Waals surface area contributed by atoms with Gasteiger partial charge in [-0.1, -0.05) is 42.5 Å². The molecule has 0 aliphatic rings. The van der Waals surface area contributed by atoms with Gasteiger partial charge in [-0.3, -0.25) is 0 Å². The second-order valence-electron chi connectivity index (χ2n) is 4.78. The summed E-state index contributed by atoms with van der Waals surface area (Å²) in [5.74, 6) is 0. The third kappa shape index (κ3) is 2.17. The van der Waals surface area contributed by atoms with Crippen LogP contribution >= 0.6 is 0 Å². The molecule has 0 unspecified atom stereocenters. The first-order valence-corrected chi connectivity index (χ1v) is 6.45. The van der Waals surface area contributed by atoms with E-state index in [4.69, 9.17) is 0 Å². The van der Waals surface area contributed by atoms with E-state index in [2.05, 4.69) is 84.3 Å². The lowest BCUT2D eigenvalue weighted by atomic mass is 10.0. The molecule has 2 aromatic carbocycles. The maximum atomic E-state index is 2.24. The molecular formula is C17H17N2+. The molecule has 0 N–H and O–H groups in total. The largest absolute Gasteiger partial charge is 0.195 e. The van der Waals surface area contributed by atoms with Crippen LogP contribution in [0.15, 0.2) is 67.0 Å². The Hall–Kier alpha value is -2.35. The van der Waals surface area contributed by atoms with Crippen LogP contribution < -0.4 is 4.68 Å². The molecule has 3 rings (SSSR count). The Kier molecular flexibility index (Phi) is 2.92. The van der Waals surface area contributed by atoms with Gasteiger partial charge in [0.15, 0.2) is 13.2 Å². The molecule has 1 heterocycles. The van der Waals surface area contributed by atoms with E-state index in [9.17, 15) is 0 Å². The van der Waals surface area contributed by atoms with Crippen LogP contribution in [0, 0.1) is 6.92 Å². The molecule has 0 atom stereocenters. The Morgan fingerprint density at radius 3 is 2.37 bits per heavy atom. The van der Waals surface area contributed by atoms with Crippen molar-refractivity contribution in [1.82, 2.24) is 4.68 Å². The molecule has 0 bridgehead atoms. The fourth-order valence-electron chi connectivity index (χ4n) is 2.34. The van der Waals surface area contributed by atoms with Crippen molar-refractivity contribution in [2.45, 2.75) is 6.92 Å². The lowest BCUT2D eigenvalue weighted by molar-refractivity contribution is -0.744. The number of hydrogen-bond donors (Lipinski definition) is 0. The van der Waals surface area contributed by atoms with Crippen molar-refractivity contribution < 1.29 is 4.68 Å². The van der Waals surface area contributed by atoms with Crippen molar-refractivity contribution in [3.05, 3.63) is 72.6 Å². The standard InChI is InChI=1S/C17H17N2/c1-14-9-10-16(15-7-4-3-5-8-15)13-17(14)19-12-6-11-18(19)2/h3-13H,1-2H3/q+1. The van der Waals surface area contributed by atoms with E-state index >= 15 is 0 Å². The van der Waals surface area contributed by atoms with Crippen molar-refractivity contribution in [3.63, 3.8) is 0 Å². The first-order valence-electron chi connectivity index (χ1n) is 6.45. The fraction of sp³-hybridized carbons (Fsp3) is 0.118. The maximum Gasteiger partial charge on any atom is 0.195 e. The van der Waals surface area contributed by atoms with Crippen LogP contribution in [-0.2, 0) is 7.05 Å². The number of benzene rings is 2. The number of nitrogens with zero attached hydrogens (tertiary/aromatic N) is 2. The fourth-order valence-corrected chi connectivity index (χ4v) is 2.34. The topological polar surface area (TPSA) is 8.81 Å². The van der Waals surface area contributed by atoms with Gasteiger partial charge >= 0.3 is 0 Å². The zero-order valence-electron chi connectivity index (χ0n) is 11.2. The molecule has 3 aromatic rings. The third-order valence-electron chi connectivity index (χ3n) is 3.43. The minimum atomic E-state index is 1.22. The highest BCUT2D eigenvalue weighted by Crippen LogP contribution is 2.23. The molecule has 0 saturated heterocycles. The predicted octanol–water partition coefficient (Wildman–Crippen LogP) is 3.28. The minimum Gasteiger partial charge on any atom is -0.128 e. The van der Waals surface area contributed by atoms with E-state index in [0.717, 1.165) is 0 Å². The Labute approximate surface area is 113 Å². The summed E-state index contributed by atoms with van der Waals surface area (Å²) in [5.41, 5.74) is 4.98. The van der Waals surface area contributed by atoms with E-state index in [1.807, 2.05) is 6.07 Å². The average molecular weight is 249 g/mol. The van der Waals surface area contributed by atoms with E-state index in [1.165, 1.54) is 22.4 Å². The normalized spacial score (nSPS) is 10.6. The Morgan fingerprint density at radius 1 is 0.895 bits per heavy atom. The quantitative estimate of drug-likeness (QED) is 0.616. The van der Waals surface area contributed by atoms with Gasteiger partial charge in [-0.2, -0.15) is 0 Å². The molecule has 94 valence electrons. The van der Waals surface area contributed by atoms with Crippen LogP contribution in [0.1, 0.15) is 5.56 Å². The van der Waals surface area contributed by atoms with Crippen molar-refractivity contribution >= 4 is 0 Å². The number of rotatable bonds is 2. The number of hydrogen-bond acceptors (Lipinski definition) is 0. The Bertz CT molecular complexity index is 696. The van der Waals surface area contributed by atoms with Crippen LogP contribution in [0.2, 0.25) is 0 Å². The van der Waals surface area contributed by atoms with Gasteiger partial charge in [-0.15, -0.1) is 9.36 Å². The zero-order chi connectivity index (χ0) is 13.2.